The zero-order valence-electron chi connectivity index (χ0n) is 9.20. The predicted octanol–water partition coefficient (Wildman–Crippen LogP) is 3.08. The molecule has 0 spiro atoms. The Morgan fingerprint density at radius 3 is 2.05 bits per heavy atom. The molecular weight excluding hydrogens is 508 g/mol. The molecule has 0 N–H and O–H groups in total. The zero-order valence-corrected chi connectivity index (χ0v) is 15.6. The fourth-order valence-electron chi connectivity index (χ4n) is 0.756. The van der Waals surface area contributed by atoms with Crippen molar-refractivity contribution >= 4 is 67.8 Å². The van der Waals surface area contributed by atoms with E-state index in [0.29, 0.717) is 20.8 Å². The van der Waals surface area contributed by atoms with E-state index in [1.54, 1.807) is 6.07 Å². The van der Waals surface area contributed by atoms with Gasteiger partial charge in [-0.25, -0.2) is 0 Å². The number of hydrogen-bond acceptors (Lipinski definition) is 5. The van der Waals surface area contributed by atoms with Crippen molar-refractivity contribution in [2.24, 2.45) is 0 Å². The van der Waals surface area contributed by atoms with Crippen molar-refractivity contribution in [3.63, 3.8) is 0 Å². The molecule has 1 rings (SSSR count). The monoisotopic (exact) mass is 511 g/mol. The Morgan fingerprint density at radius 2 is 1.60 bits per heavy atom. The summed E-state index contributed by atoms with van der Waals surface area (Å²) in [6.45, 7) is 0.278. The van der Waals surface area contributed by atoms with Crippen molar-refractivity contribution in [1.29, 1.82) is 0 Å². The van der Waals surface area contributed by atoms with Crippen LogP contribution in [0.25, 0.3) is 0 Å². The minimum Gasteiger partial charge on any atom is -0.759 e. The molecule has 0 bridgehead atoms. The van der Waals surface area contributed by atoms with E-state index >= 15 is 0 Å². The van der Waals surface area contributed by atoms with Crippen molar-refractivity contribution in [2.45, 2.75) is 0 Å². The fraction of sp³-hybridized carbons (Fsp3) is 0.111. The summed E-state index contributed by atoms with van der Waals surface area (Å²) in [6, 6.07) is 3.11. The molecule has 1 aromatic rings. The number of benzene rings is 1. The van der Waals surface area contributed by atoms with E-state index in [4.69, 9.17) is 57.1 Å². The molecule has 0 fully saturated rings. The molecule has 20 heavy (non-hydrogen) atoms. The predicted molar refractivity (Wildman–Crippen MR) is 79.2 cm³/mol. The van der Waals surface area contributed by atoms with E-state index in [0.717, 1.165) is 0 Å². The maximum atomic E-state index is 8.52. The third-order valence-electron chi connectivity index (χ3n) is 1.34. The van der Waals surface area contributed by atoms with Gasteiger partial charge in [0.1, 0.15) is 12.4 Å². The molecule has 1 aromatic carbocycles. The topological polar surface area (TPSA) is 89.5 Å². The van der Waals surface area contributed by atoms with Crippen LogP contribution in [0.5, 0.6) is 5.75 Å². The smallest absolute Gasteiger partial charge is 0.759 e. The Hall–Kier alpha value is 0.569. The maximum Gasteiger partial charge on any atom is 2.00 e. The first-order valence-electron chi connectivity index (χ1n) is 4.17. The van der Waals surface area contributed by atoms with Gasteiger partial charge in [-0.2, -0.15) is 0 Å². The molecule has 0 saturated carbocycles. The Balaban J connectivity index is 0. The van der Waals surface area contributed by atoms with Gasteiger partial charge in [-0.15, -0.1) is 0 Å². The van der Waals surface area contributed by atoms with Gasteiger partial charge in [-0.3, -0.25) is 8.42 Å². The van der Waals surface area contributed by atoms with Crippen LogP contribution in [-0.4, -0.2) is 24.1 Å². The first-order chi connectivity index (χ1) is 8.65. The van der Waals surface area contributed by atoms with Gasteiger partial charge in [-0.05, 0) is 9.99 Å². The van der Waals surface area contributed by atoms with Crippen LogP contribution in [0.4, 0.5) is 0 Å². The van der Waals surface area contributed by atoms with Gasteiger partial charge in [0.05, 0.1) is 15.1 Å². The van der Waals surface area contributed by atoms with Crippen LogP contribution in [0.2, 0.25) is 15.1 Å². The van der Waals surface area contributed by atoms with Crippen LogP contribution < -0.4 is 4.74 Å². The molecule has 5 nitrogen and oxygen atoms in total. The Kier molecular flexibility index (Phi) is 12.8. The first kappa shape index (κ1) is 22.8. The second kappa shape index (κ2) is 11.2. The van der Waals surface area contributed by atoms with Gasteiger partial charge in [0.15, 0.2) is 0 Å². The first-order valence-corrected chi connectivity index (χ1v) is 7.72. The quantitative estimate of drug-likeness (QED) is 0.152. The largest absolute Gasteiger partial charge is 2.00 e. The van der Waals surface area contributed by atoms with E-state index in [2.05, 4.69) is 9.85 Å². The second-order valence-electron chi connectivity index (χ2n) is 2.66. The van der Waals surface area contributed by atoms with E-state index in [1.165, 1.54) is 6.07 Å². The van der Waals surface area contributed by atoms with E-state index in [-0.39, 0.29) is 23.7 Å². The van der Waals surface area contributed by atoms with E-state index < -0.39 is 10.4 Å². The van der Waals surface area contributed by atoms with Gasteiger partial charge in [0.25, 0.3) is 0 Å². The average molecular weight is 512 g/mol. The second-order valence-corrected chi connectivity index (χ2v) is 5.24. The normalized spacial score (nSPS) is 9.30. The molecule has 0 aliphatic heterocycles. The van der Waals surface area contributed by atoms with Crippen LogP contribution in [0.3, 0.4) is 0 Å². The SMILES string of the molecule is Clc1cc(Cl)c(OCC#CI)cc1Cl.O=S(=O)([O-])[O-].[Mn+2]. The van der Waals surface area contributed by atoms with Gasteiger partial charge in [0, 0.05) is 39.1 Å². The Morgan fingerprint density at radius 1 is 1.15 bits per heavy atom. The molecule has 1 radical (unpaired) electrons. The molecule has 0 atom stereocenters. The van der Waals surface area contributed by atoms with Crippen molar-refractivity contribution in [1.82, 2.24) is 0 Å². The molecule has 0 aliphatic rings. The van der Waals surface area contributed by atoms with Crippen molar-refractivity contribution in [2.75, 3.05) is 6.61 Å². The molecule has 111 valence electrons. The number of hydrogen-bond donors (Lipinski definition) is 0. The fourth-order valence-corrected chi connectivity index (χ4v) is 1.50. The van der Waals surface area contributed by atoms with Gasteiger partial charge in [-0.1, -0.05) is 40.7 Å². The summed E-state index contributed by atoms with van der Waals surface area (Å²) in [7, 11) is -5.17. The molecule has 0 aromatic heterocycles. The third-order valence-corrected chi connectivity index (χ3v) is 2.74. The Bertz CT molecular complexity index is 592. The minimum absolute atomic E-state index is 0. The van der Waals surface area contributed by atoms with Crippen LogP contribution in [0, 0.1) is 9.85 Å². The van der Waals surface area contributed by atoms with Gasteiger partial charge < -0.3 is 13.8 Å². The summed E-state index contributed by atoms with van der Waals surface area (Å²) in [5.41, 5.74) is 0. The summed E-state index contributed by atoms with van der Waals surface area (Å²) in [4.78, 5) is 0. The van der Waals surface area contributed by atoms with Crippen LogP contribution >= 0.6 is 57.4 Å². The maximum absolute atomic E-state index is 8.52. The molecule has 0 aliphatic carbocycles. The summed E-state index contributed by atoms with van der Waals surface area (Å²) in [5.74, 6) is 3.22. The van der Waals surface area contributed by atoms with Crippen molar-refractivity contribution in [3.05, 3.63) is 27.2 Å². The van der Waals surface area contributed by atoms with Gasteiger partial charge >= 0.3 is 17.1 Å². The molecule has 0 unspecified atom stereocenters. The number of ether oxygens (including phenoxy) is 1. The minimum atomic E-state index is -5.17. The van der Waals surface area contributed by atoms with Gasteiger partial charge in [0.2, 0.25) is 0 Å². The standard InChI is InChI=1S/C9H4Cl3IO.Mn.H2O4S/c10-6-4-8(12)9(5-7(6)11)14-3-1-2-13;;1-5(2,3)4/h4-5H,3H2;;(H2,1,2,3,4)/q;+2;/p-2. The molecule has 0 heterocycles. The van der Waals surface area contributed by atoms with Crippen LogP contribution in [0.15, 0.2) is 12.1 Å². The molecule has 0 amide bonds. The summed E-state index contributed by atoms with van der Waals surface area (Å²) in [5, 5.41) is 1.24. The van der Waals surface area contributed by atoms with E-state index in [1.807, 2.05) is 22.6 Å². The molecule has 11 heteroatoms. The van der Waals surface area contributed by atoms with Crippen molar-refractivity contribution < 1.29 is 39.3 Å². The van der Waals surface area contributed by atoms with E-state index in [9.17, 15) is 0 Å². The summed E-state index contributed by atoms with van der Waals surface area (Å²) in [6.07, 6.45) is 0. The Labute approximate surface area is 155 Å². The zero-order chi connectivity index (χ0) is 15.1. The average Bonchev–Trinajstić information content (AvgIpc) is 2.23. The molecule has 0 saturated heterocycles. The van der Waals surface area contributed by atoms with Crippen molar-refractivity contribution in [3.8, 4) is 15.6 Å². The third kappa shape index (κ3) is 12.3. The summed E-state index contributed by atoms with van der Waals surface area (Å²) >= 11 is 19.3. The van der Waals surface area contributed by atoms with Crippen LogP contribution in [0.1, 0.15) is 0 Å². The molecular formula is C9H4Cl3IMnO5S. The number of halogens is 4. The summed E-state index contributed by atoms with van der Waals surface area (Å²) < 4.78 is 42.0. The number of rotatable bonds is 2. The van der Waals surface area contributed by atoms with Crippen LogP contribution in [-0.2, 0) is 27.5 Å².